The van der Waals surface area contributed by atoms with Gasteiger partial charge in [-0.3, -0.25) is 10.3 Å². The lowest BCUT2D eigenvalue weighted by molar-refractivity contribution is 0.0940. The molecule has 9 heteroatoms. The topological polar surface area (TPSA) is 97.2 Å². The van der Waals surface area contributed by atoms with E-state index in [1.54, 1.807) is 36.4 Å². The molecule has 2 atom stereocenters. The number of ether oxygens (including phenoxy) is 1. The molecule has 2 N–H and O–H groups in total. The number of anilines is 1. The number of hydrogen-bond acceptors (Lipinski definition) is 6. The van der Waals surface area contributed by atoms with E-state index >= 15 is 0 Å². The van der Waals surface area contributed by atoms with Gasteiger partial charge in [-0.25, -0.2) is 14.5 Å². The van der Waals surface area contributed by atoms with Gasteiger partial charge in [0.1, 0.15) is 5.82 Å². The Balaban J connectivity index is 1.49. The number of nitrogens with one attached hydrogen (secondary N) is 2. The largest absolute Gasteiger partial charge is 0.378 e. The zero-order chi connectivity index (χ0) is 19.7. The Morgan fingerprint density at radius 1 is 1.25 bits per heavy atom. The molecule has 0 aliphatic carbocycles. The summed E-state index contributed by atoms with van der Waals surface area (Å²) < 4.78 is 7.24. The van der Waals surface area contributed by atoms with Crippen LogP contribution in [0.25, 0.3) is 16.6 Å². The molecule has 0 saturated carbocycles. The summed E-state index contributed by atoms with van der Waals surface area (Å²) >= 11 is 0. The maximum Gasteiger partial charge on any atom is 0.320 e. The molecule has 1 saturated heterocycles. The Bertz CT molecular complexity index is 1000. The molecule has 2 amide bonds. The summed E-state index contributed by atoms with van der Waals surface area (Å²) in [7, 11) is 3.66. The molecule has 4 rings (SSSR count). The second-order valence-corrected chi connectivity index (χ2v) is 7.04. The fourth-order valence-corrected chi connectivity index (χ4v) is 3.52. The van der Waals surface area contributed by atoms with Crippen LogP contribution in [-0.4, -0.2) is 70.1 Å². The smallest absolute Gasteiger partial charge is 0.320 e. The third-order valence-corrected chi connectivity index (χ3v) is 4.89. The third-order valence-electron chi connectivity index (χ3n) is 4.89. The van der Waals surface area contributed by atoms with Crippen LogP contribution in [0.3, 0.4) is 0 Å². The summed E-state index contributed by atoms with van der Waals surface area (Å²) in [4.78, 5) is 23.1. The number of likely N-dealkylation sites (tertiary alicyclic amines) is 1. The van der Waals surface area contributed by atoms with Gasteiger partial charge in [0.15, 0.2) is 0 Å². The van der Waals surface area contributed by atoms with Gasteiger partial charge in [-0.15, -0.1) is 0 Å². The van der Waals surface area contributed by atoms with Gasteiger partial charge >= 0.3 is 6.03 Å². The molecule has 0 spiro atoms. The molecule has 0 radical (unpaired) electrons. The van der Waals surface area contributed by atoms with Crippen LogP contribution in [0.15, 0.2) is 36.8 Å². The molecule has 1 aliphatic rings. The summed E-state index contributed by atoms with van der Waals surface area (Å²) in [5, 5.41) is 11.1. The summed E-state index contributed by atoms with van der Waals surface area (Å²) in [6, 6.07) is 5.30. The number of urea groups is 1. The second-order valence-electron chi connectivity index (χ2n) is 7.04. The van der Waals surface area contributed by atoms with Gasteiger partial charge in [-0.1, -0.05) is 0 Å². The lowest BCUT2D eigenvalue weighted by Crippen LogP contribution is -2.45. The number of aryl methyl sites for hydroxylation is 1. The van der Waals surface area contributed by atoms with Gasteiger partial charge in [0.2, 0.25) is 0 Å². The fraction of sp³-hybridized carbons (Fsp3) is 0.368. The van der Waals surface area contributed by atoms with Crippen molar-refractivity contribution in [2.75, 3.05) is 32.6 Å². The number of hydrogen-bond donors (Lipinski definition) is 2. The monoisotopic (exact) mass is 381 g/mol. The highest BCUT2D eigenvalue weighted by atomic mass is 16.5. The van der Waals surface area contributed by atoms with E-state index in [9.17, 15) is 4.79 Å². The highest BCUT2D eigenvalue weighted by Crippen LogP contribution is 2.20. The van der Waals surface area contributed by atoms with Gasteiger partial charge in [0, 0.05) is 37.5 Å². The molecule has 0 unspecified atom stereocenters. The Labute approximate surface area is 162 Å². The Morgan fingerprint density at radius 3 is 2.89 bits per heavy atom. The minimum Gasteiger partial charge on any atom is -0.378 e. The number of aromatic nitrogens is 4. The van der Waals surface area contributed by atoms with Crippen LogP contribution in [0.1, 0.15) is 5.69 Å². The lowest BCUT2D eigenvalue weighted by Gasteiger charge is -2.18. The number of pyridine rings is 2. The van der Waals surface area contributed by atoms with Crippen molar-refractivity contribution in [3.05, 3.63) is 42.5 Å². The van der Waals surface area contributed by atoms with Gasteiger partial charge in [-0.05, 0) is 32.2 Å². The summed E-state index contributed by atoms with van der Waals surface area (Å²) in [6.07, 6.45) is 5.19. The van der Waals surface area contributed by atoms with Crippen molar-refractivity contribution >= 4 is 22.8 Å². The number of nitrogens with zero attached hydrogens (tertiary/aromatic N) is 5. The van der Waals surface area contributed by atoms with Gasteiger partial charge in [0.05, 0.1) is 35.7 Å². The molecule has 1 fully saturated rings. The van der Waals surface area contributed by atoms with Crippen LogP contribution < -0.4 is 10.6 Å². The van der Waals surface area contributed by atoms with Crippen molar-refractivity contribution in [2.45, 2.75) is 19.1 Å². The number of likely N-dealkylation sites (N-methyl/N-ethyl adjacent to an activating group) is 1. The van der Waals surface area contributed by atoms with Crippen LogP contribution in [-0.2, 0) is 4.74 Å². The summed E-state index contributed by atoms with van der Waals surface area (Å²) in [6.45, 7) is 3.47. The number of carbonyl (C=O) groups excluding carboxylic acids is 1. The van der Waals surface area contributed by atoms with Crippen molar-refractivity contribution in [3.63, 3.8) is 0 Å². The van der Waals surface area contributed by atoms with E-state index in [1.165, 1.54) is 0 Å². The molecule has 1 aliphatic heterocycles. The van der Waals surface area contributed by atoms with Crippen LogP contribution in [0.5, 0.6) is 0 Å². The lowest BCUT2D eigenvalue weighted by atomic mass is 10.2. The van der Waals surface area contributed by atoms with Crippen LogP contribution in [0.4, 0.5) is 10.6 Å². The minimum atomic E-state index is -0.300. The predicted octanol–water partition coefficient (Wildman–Crippen LogP) is 1.57. The first-order valence-electron chi connectivity index (χ1n) is 9.09. The van der Waals surface area contributed by atoms with Gasteiger partial charge in [0.25, 0.3) is 0 Å². The number of rotatable bonds is 4. The van der Waals surface area contributed by atoms with Gasteiger partial charge in [-0.2, -0.15) is 5.10 Å². The Hall–Kier alpha value is -3.04. The molecular formula is C19H23N7O2. The van der Waals surface area contributed by atoms with E-state index in [2.05, 4.69) is 30.6 Å². The normalized spacial score (nSPS) is 19.8. The van der Waals surface area contributed by atoms with E-state index in [0.717, 1.165) is 35.4 Å². The zero-order valence-corrected chi connectivity index (χ0v) is 16.1. The van der Waals surface area contributed by atoms with Crippen LogP contribution >= 0.6 is 0 Å². The minimum absolute atomic E-state index is 0.0201. The molecule has 0 bridgehead atoms. The maximum atomic E-state index is 12.4. The van der Waals surface area contributed by atoms with Crippen LogP contribution in [0, 0.1) is 6.92 Å². The van der Waals surface area contributed by atoms with E-state index in [0.29, 0.717) is 5.82 Å². The zero-order valence-electron chi connectivity index (χ0n) is 16.1. The Kier molecular flexibility index (Phi) is 4.93. The van der Waals surface area contributed by atoms with Crippen molar-refractivity contribution in [1.29, 1.82) is 0 Å². The molecule has 9 nitrogen and oxygen atoms in total. The van der Waals surface area contributed by atoms with Crippen molar-refractivity contribution in [2.24, 2.45) is 0 Å². The standard InChI is InChI=1S/C19H23N7O2/c1-12-6-14(4-5-20-12)26-16-9-21-18(7-13(16)8-22-26)24-19(27)23-15-10-25(2)11-17(15)28-3/h4-9,15,17H,10-11H2,1-3H3,(H2,21,23,24,27)/t15-,17-/m0/s1. The maximum absolute atomic E-state index is 12.4. The molecular weight excluding hydrogens is 358 g/mol. The van der Waals surface area contributed by atoms with Crippen molar-refractivity contribution < 1.29 is 9.53 Å². The van der Waals surface area contributed by atoms with Crippen molar-refractivity contribution in [1.82, 2.24) is 30.0 Å². The number of amides is 2. The average molecular weight is 381 g/mol. The highest BCUT2D eigenvalue weighted by Gasteiger charge is 2.32. The summed E-state index contributed by atoms with van der Waals surface area (Å²) in [5.41, 5.74) is 2.68. The number of methoxy groups -OCH3 is 1. The van der Waals surface area contributed by atoms with Crippen molar-refractivity contribution in [3.8, 4) is 5.69 Å². The quantitative estimate of drug-likeness (QED) is 0.712. The van der Waals surface area contributed by atoms with E-state index in [-0.39, 0.29) is 18.2 Å². The third kappa shape index (κ3) is 3.67. The molecule has 28 heavy (non-hydrogen) atoms. The molecule has 146 valence electrons. The average Bonchev–Trinajstić information content (AvgIpc) is 3.24. The predicted molar refractivity (Wildman–Crippen MR) is 106 cm³/mol. The fourth-order valence-electron chi connectivity index (χ4n) is 3.52. The Morgan fingerprint density at radius 2 is 2.11 bits per heavy atom. The molecule has 3 aromatic rings. The number of carbonyl (C=O) groups is 1. The van der Waals surface area contributed by atoms with E-state index in [1.807, 2.05) is 26.1 Å². The first-order chi connectivity index (χ1) is 13.5. The van der Waals surface area contributed by atoms with E-state index in [4.69, 9.17) is 4.74 Å². The number of fused-ring (bicyclic) bond motifs is 1. The second kappa shape index (κ2) is 7.53. The SMILES string of the molecule is CO[C@H]1CN(C)C[C@@H]1NC(=O)Nc1cc2cnn(-c3ccnc(C)c3)c2cn1. The first kappa shape index (κ1) is 18.3. The molecule has 0 aromatic carbocycles. The molecule has 3 aromatic heterocycles. The van der Waals surface area contributed by atoms with Gasteiger partial charge < -0.3 is 15.0 Å². The molecule has 4 heterocycles. The first-order valence-corrected chi connectivity index (χ1v) is 9.09. The van der Waals surface area contributed by atoms with E-state index < -0.39 is 0 Å². The summed E-state index contributed by atoms with van der Waals surface area (Å²) in [5.74, 6) is 0.468. The van der Waals surface area contributed by atoms with Crippen LogP contribution in [0.2, 0.25) is 0 Å². The highest BCUT2D eigenvalue weighted by molar-refractivity contribution is 5.91.